The number of esters is 1. The number of aryl methyl sites for hydroxylation is 1. The third kappa shape index (κ3) is 2.04. The minimum atomic E-state index is -0.720. The molecule has 6 heteroatoms. The molecule has 0 amide bonds. The van der Waals surface area contributed by atoms with Gasteiger partial charge < -0.3 is 9.26 Å². The van der Waals surface area contributed by atoms with Gasteiger partial charge in [0.05, 0.1) is 7.11 Å². The summed E-state index contributed by atoms with van der Waals surface area (Å²) in [6, 6.07) is 5.83. The summed E-state index contributed by atoms with van der Waals surface area (Å²) in [4.78, 5) is 16.1. The summed E-state index contributed by atoms with van der Waals surface area (Å²) < 4.78 is 11.1. The molecule has 0 aliphatic heterocycles. The van der Waals surface area contributed by atoms with Crippen molar-refractivity contribution in [2.75, 3.05) is 7.11 Å². The number of halogens is 1. The van der Waals surface area contributed by atoms with Crippen molar-refractivity contribution in [1.29, 1.82) is 0 Å². The predicted molar refractivity (Wildman–Crippen MR) is 75.1 cm³/mol. The Hall–Kier alpha value is -1.69. The van der Waals surface area contributed by atoms with E-state index in [1.54, 1.807) is 0 Å². The zero-order valence-electron chi connectivity index (χ0n) is 11.1. The van der Waals surface area contributed by atoms with Gasteiger partial charge in [0.15, 0.2) is 0 Å². The number of hydrogen-bond acceptors (Lipinski definition) is 5. The SMILES string of the molecule is COC(=O)C1(c2nc(-c3ccc(C)c(Br)c3)no2)CC1. The Balaban J connectivity index is 1.94. The van der Waals surface area contributed by atoms with Crippen LogP contribution in [0, 0.1) is 6.92 Å². The summed E-state index contributed by atoms with van der Waals surface area (Å²) in [5, 5.41) is 3.97. The molecule has 0 spiro atoms. The van der Waals surface area contributed by atoms with E-state index in [1.807, 2.05) is 25.1 Å². The van der Waals surface area contributed by atoms with Crippen LogP contribution in [0.2, 0.25) is 0 Å². The highest BCUT2D eigenvalue weighted by molar-refractivity contribution is 9.10. The van der Waals surface area contributed by atoms with Crippen molar-refractivity contribution in [3.05, 3.63) is 34.1 Å². The Morgan fingerprint density at radius 2 is 2.20 bits per heavy atom. The van der Waals surface area contributed by atoms with Crippen LogP contribution < -0.4 is 0 Å². The Morgan fingerprint density at radius 3 is 2.80 bits per heavy atom. The summed E-state index contributed by atoms with van der Waals surface area (Å²) in [5.41, 5.74) is 1.26. The largest absolute Gasteiger partial charge is 0.468 e. The number of benzene rings is 1. The highest BCUT2D eigenvalue weighted by Gasteiger charge is 2.57. The van der Waals surface area contributed by atoms with Crippen molar-refractivity contribution >= 4 is 21.9 Å². The lowest BCUT2D eigenvalue weighted by Gasteiger charge is -2.05. The Labute approximate surface area is 124 Å². The zero-order valence-corrected chi connectivity index (χ0v) is 12.7. The molecule has 20 heavy (non-hydrogen) atoms. The predicted octanol–water partition coefficient (Wildman–Crippen LogP) is 3.01. The van der Waals surface area contributed by atoms with Gasteiger partial charge in [-0.3, -0.25) is 4.79 Å². The molecule has 2 aromatic rings. The molecule has 0 atom stereocenters. The summed E-state index contributed by atoms with van der Waals surface area (Å²) >= 11 is 3.48. The Morgan fingerprint density at radius 1 is 1.45 bits per heavy atom. The molecule has 0 unspecified atom stereocenters. The van der Waals surface area contributed by atoms with Crippen molar-refractivity contribution in [3.8, 4) is 11.4 Å². The monoisotopic (exact) mass is 336 g/mol. The maximum atomic E-state index is 11.8. The fraction of sp³-hybridized carbons (Fsp3) is 0.357. The smallest absolute Gasteiger partial charge is 0.321 e. The van der Waals surface area contributed by atoms with Crippen molar-refractivity contribution in [3.63, 3.8) is 0 Å². The second kappa shape index (κ2) is 4.70. The van der Waals surface area contributed by atoms with E-state index in [1.165, 1.54) is 7.11 Å². The number of carbonyl (C=O) groups is 1. The normalized spacial score (nSPS) is 15.9. The van der Waals surface area contributed by atoms with Crippen LogP contribution in [0.1, 0.15) is 24.3 Å². The van der Waals surface area contributed by atoms with Crippen LogP contribution in [0.4, 0.5) is 0 Å². The Bertz CT molecular complexity index is 677. The highest BCUT2D eigenvalue weighted by Crippen LogP contribution is 2.48. The van der Waals surface area contributed by atoms with E-state index in [2.05, 4.69) is 26.1 Å². The first-order valence-corrected chi connectivity index (χ1v) is 7.05. The standard InChI is InChI=1S/C14H13BrN2O3/c1-8-3-4-9(7-10(8)15)11-16-12(20-17-11)14(5-6-14)13(18)19-2/h3-4,7H,5-6H2,1-2H3. The lowest BCUT2D eigenvalue weighted by atomic mass is 10.1. The van der Waals surface area contributed by atoms with Crippen LogP contribution in [-0.2, 0) is 14.9 Å². The second-order valence-electron chi connectivity index (χ2n) is 4.96. The van der Waals surface area contributed by atoms with Gasteiger partial charge in [-0.2, -0.15) is 4.98 Å². The van der Waals surface area contributed by atoms with Crippen LogP contribution in [0.15, 0.2) is 27.2 Å². The van der Waals surface area contributed by atoms with Crippen LogP contribution in [0.5, 0.6) is 0 Å². The molecule has 1 fully saturated rings. The van der Waals surface area contributed by atoms with Crippen LogP contribution in [-0.4, -0.2) is 23.2 Å². The van der Waals surface area contributed by atoms with E-state index in [0.29, 0.717) is 24.6 Å². The molecular weight excluding hydrogens is 324 g/mol. The first-order chi connectivity index (χ1) is 9.56. The third-order valence-electron chi connectivity index (χ3n) is 3.59. The fourth-order valence-corrected chi connectivity index (χ4v) is 2.47. The molecule has 104 valence electrons. The Kier molecular flexibility index (Phi) is 3.12. The summed E-state index contributed by atoms with van der Waals surface area (Å²) in [5.74, 6) is 0.518. The molecule has 0 radical (unpaired) electrons. The molecule has 0 N–H and O–H groups in total. The fourth-order valence-electron chi connectivity index (χ4n) is 2.09. The minimum absolute atomic E-state index is 0.308. The van der Waals surface area contributed by atoms with E-state index in [0.717, 1.165) is 15.6 Å². The van der Waals surface area contributed by atoms with Crippen molar-refractivity contribution in [1.82, 2.24) is 10.1 Å². The first-order valence-electron chi connectivity index (χ1n) is 6.26. The van der Waals surface area contributed by atoms with Crippen LogP contribution in [0.25, 0.3) is 11.4 Å². The maximum absolute atomic E-state index is 11.8. The minimum Gasteiger partial charge on any atom is -0.468 e. The number of methoxy groups -OCH3 is 1. The van der Waals surface area contributed by atoms with Gasteiger partial charge in [0.25, 0.3) is 0 Å². The van der Waals surface area contributed by atoms with Crippen molar-refractivity contribution in [2.45, 2.75) is 25.2 Å². The molecule has 0 saturated heterocycles. The van der Waals surface area contributed by atoms with Gasteiger partial charge in [-0.1, -0.05) is 33.2 Å². The highest BCUT2D eigenvalue weighted by atomic mass is 79.9. The number of hydrogen-bond donors (Lipinski definition) is 0. The molecule has 5 nitrogen and oxygen atoms in total. The van der Waals surface area contributed by atoms with E-state index in [4.69, 9.17) is 9.26 Å². The lowest BCUT2D eigenvalue weighted by molar-refractivity contribution is -0.144. The third-order valence-corrected chi connectivity index (χ3v) is 4.45. The molecule has 3 rings (SSSR count). The molecule has 0 bridgehead atoms. The quantitative estimate of drug-likeness (QED) is 0.806. The van der Waals surface area contributed by atoms with Crippen molar-refractivity contribution in [2.24, 2.45) is 0 Å². The zero-order chi connectivity index (χ0) is 14.3. The van der Waals surface area contributed by atoms with Gasteiger partial charge in [-0.05, 0) is 31.4 Å². The number of nitrogens with zero attached hydrogens (tertiary/aromatic N) is 2. The first kappa shape index (κ1) is 13.3. The molecule has 1 aromatic heterocycles. The van der Waals surface area contributed by atoms with Crippen molar-refractivity contribution < 1.29 is 14.1 Å². The van der Waals surface area contributed by atoms with E-state index in [-0.39, 0.29) is 5.97 Å². The average Bonchev–Trinajstić information content (AvgIpc) is 3.11. The van der Waals surface area contributed by atoms with Crippen LogP contribution >= 0.6 is 15.9 Å². The summed E-state index contributed by atoms with van der Waals surface area (Å²) in [6.45, 7) is 2.01. The summed E-state index contributed by atoms with van der Waals surface area (Å²) in [7, 11) is 1.37. The molecule has 1 aromatic carbocycles. The number of carbonyl (C=O) groups excluding carboxylic acids is 1. The molecular formula is C14H13BrN2O3. The topological polar surface area (TPSA) is 65.2 Å². The van der Waals surface area contributed by atoms with E-state index in [9.17, 15) is 4.79 Å². The summed E-state index contributed by atoms with van der Waals surface area (Å²) in [6.07, 6.45) is 1.39. The van der Waals surface area contributed by atoms with Gasteiger partial charge in [0, 0.05) is 10.0 Å². The number of aromatic nitrogens is 2. The van der Waals surface area contributed by atoms with Crippen LogP contribution in [0.3, 0.4) is 0 Å². The molecule has 1 aliphatic rings. The van der Waals surface area contributed by atoms with Gasteiger partial charge in [-0.25, -0.2) is 0 Å². The average molecular weight is 337 g/mol. The van der Waals surface area contributed by atoms with Gasteiger partial charge in [0.1, 0.15) is 5.41 Å². The van der Waals surface area contributed by atoms with E-state index < -0.39 is 5.41 Å². The maximum Gasteiger partial charge on any atom is 0.321 e. The van der Waals surface area contributed by atoms with E-state index >= 15 is 0 Å². The van der Waals surface area contributed by atoms with Gasteiger partial charge in [0.2, 0.25) is 11.7 Å². The lowest BCUT2D eigenvalue weighted by Crippen LogP contribution is -2.22. The molecule has 1 aliphatic carbocycles. The van der Waals surface area contributed by atoms with Gasteiger partial charge in [-0.15, -0.1) is 0 Å². The second-order valence-corrected chi connectivity index (χ2v) is 5.82. The number of ether oxygens (including phenoxy) is 1. The van der Waals surface area contributed by atoms with Gasteiger partial charge >= 0.3 is 5.97 Å². The molecule has 1 saturated carbocycles. The molecule has 1 heterocycles. The number of rotatable bonds is 3.